The van der Waals surface area contributed by atoms with Crippen molar-refractivity contribution < 1.29 is 27.8 Å². The Morgan fingerprint density at radius 3 is 2.40 bits per heavy atom. The average molecular weight is 624 g/mol. The van der Waals surface area contributed by atoms with Gasteiger partial charge in [-0.15, -0.1) is 0 Å². The van der Waals surface area contributed by atoms with E-state index in [0.29, 0.717) is 66.4 Å². The molecule has 42 heavy (non-hydrogen) atoms. The number of nitrogens with two attached hydrogens (primary N) is 1. The smallest absolute Gasteiger partial charge is 0.429 e. The Balaban J connectivity index is 1.44. The SMILES string of the molecule is Cc1cc(-c2cc(Cl)ccc2[C@@H](Oc2cc(N3CCC4(CC3)CN[C@H](C(=O)O)C4)nc(N)n2)C(F)(F)F)cc(C)c1Cl. The van der Waals surface area contributed by atoms with Gasteiger partial charge in [0.1, 0.15) is 11.9 Å². The van der Waals surface area contributed by atoms with E-state index in [2.05, 4.69) is 15.3 Å². The zero-order valence-electron chi connectivity index (χ0n) is 22.9. The van der Waals surface area contributed by atoms with Crippen molar-refractivity contribution in [2.24, 2.45) is 5.41 Å². The number of piperidine rings is 1. The van der Waals surface area contributed by atoms with Gasteiger partial charge >= 0.3 is 12.1 Å². The van der Waals surface area contributed by atoms with E-state index in [1.807, 2.05) is 4.90 Å². The molecule has 0 unspecified atom stereocenters. The Bertz CT molecular complexity index is 1490. The molecular formula is C29H30Cl2F3N5O3. The fraction of sp³-hybridized carbons (Fsp3) is 0.414. The van der Waals surface area contributed by atoms with Gasteiger partial charge in [-0.25, -0.2) is 0 Å². The van der Waals surface area contributed by atoms with Crippen LogP contribution in [0.15, 0.2) is 36.4 Å². The molecule has 0 bridgehead atoms. The second-order valence-corrected chi connectivity index (χ2v) is 11.9. The molecular weight excluding hydrogens is 594 g/mol. The number of aromatic nitrogens is 2. The first-order valence-electron chi connectivity index (χ1n) is 13.4. The zero-order chi connectivity index (χ0) is 30.4. The van der Waals surface area contributed by atoms with E-state index in [4.69, 9.17) is 33.7 Å². The molecule has 2 saturated heterocycles. The molecule has 13 heteroatoms. The molecule has 0 aliphatic carbocycles. The Hall–Kier alpha value is -3.28. The van der Waals surface area contributed by atoms with Crippen molar-refractivity contribution in [3.63, 3.8) is 0 Å². The third kappa shape index (κ3) is 6.23. The van der Waals surface area contributed by atoms with E-state index >= 15 is 0 Å². The topological polar surface area (TPSA) is 114 Å². The lowest BCUT2D eigenvalue weighted by molar-refractivity contribution is -0.198. The van der Waals surface area contributed by atoms with Gasteiger partial charge in [0.15, 0.2) is 0 Å². The van der Waals surface area contributed by atoms with Gasteiger partial charge in [0.2, 0.25) is 17.9 Å². The van der Waals surface area contributed by atoms with Gasteiger partial charge in [-0.2, -0.15) is 23.1 Å². The second-order valence-electron chi connectivity index (χ2n) is 11.1. The summed E-state index contributed by atoms with van der Waals surface area (Å²) in [5, 5.41) is 13.2. The predicted octanol–water partition coefficient (Wildman–Crippen LogP) is 6.36. The number of hydrogen-bond acceptors (Lipinski definition) is 7. The van der Waals surface area contributed by atoms with Crippen LogP contribution in [-0.4, -0.2) is 52.9 Å². The van der Waals surface area contributed by atoms with Gasteiger partial charge in [0.05, 0.1) is 0 Å². The van der Waals surface area contributed by atoms with Crippen LogP contribution in [0.4, 0.5) is 24.9 Å². The number of carboxylic acids is 1. The number of ether oxygens (including phenoxy) is 1. The van der Waals surface area contributed by atoms with Crippen LogP contribution in [0.1, 0.15) is 42.1 Å². The molecule has 224 valence electrons. The lowest BCUT2D eigenvalue weighted by atomic mass is 9.76. The number of benzene rings is 2. The zero-order valence-corrected chi connectivity index (χ0v) is 24.4. The van der Waals surface area contributed by atoms with Crippen molar-refractivity contribution in [3.8, 4) is 17.0 Å². The molecule has 1 spiro atoms. The average Bonchev–Trinajstić information content (AvgIpc) is 3.33. The summed E-state index contributed by atoms with van der Waals surface area (Å²) in [5.74, 6) is -1.08. The van der Waals surface area contributed by atoms with Crippen LogP contribution in [0.5, 0.6) is 5.88 Å². The minimum atomic E-state index is -4.81. The Kier molecular flexibility index (Phi) is 8.21. The Morgan fingerprint density at radius 1 is 1.14 bits per heavy atom. The van der Waals surface area contributed by atoms with Crippen LogP contribution in [0.3, 0.4) is 0 Å². The molecule has 3 heterocycles. The number of hydrogen-bond donors (Lipinski definition) is 3. The number of nitrogen functional groups attached to an aromatic ring is 1. The third-order valence-corrected chi connectivity index (χ3v) is 8.93. The first kappa shape index (κ1) is 30.2. The van der Waals surface area contributed by atoms with Crippen LogP contribution in [0.2, 0.25) is 10.0 Å². The summed E-state index contributed by atoms with van der Waals surface area (Å²) < 4.78 is 49.4. The number of anilines is 2. The summed E-state index contributed by atoms with van der Waals surface area (Å²) in [5.41, 5.74) is 7.83. The van der Waals surface area contributed by atoms with Crippen molar-refractivity contribution in [1.82, 2.24) is 15.3 Å². The van der Waals surface area contributed by atoms with Gasteiger partial charge in [-0.05, 0) is 85.0 Å². The minimum Gasteiger partial charge on any atom is -0.480 e. The number of nitrogens with one attached hydrogen (secondary N) is 1. The normalized spacial score (nSPS) is 19.2. The predicted molar refractivity (Wildman–Crippen MR) is 155 cm³/mol. The van der Waals surface area contributed by atoms with Crippen molar-refractivity contribution >= 4 is 40.9 Å². The standard InChI is InChI=1S/C29H30Cl2F3N5O3/c1-15-9-17(10-16(2)24(15)31)20-11-18(30)3-4-19(20)25(29(32,33)34)42-23-12-22(37-27(35)38-23)39-7-5-28(6-8-39)13-21(26(40)41)36-14-28/h3-4,9-12,21,25,36H,5-8,13-14H2,1-2H3,(H,40,41)(H2,35,37,38)/t21-,25+/m0/s1. The summed E-state index contributed by atoms with van der Waals surface area (Å²) in [6, 6.07) is 8.34. The van der Waals surface area contributed by atoms with Gasteiger partial charge in [0, 0.05) is 41.3 Å². The quantitative estimate of drug-likeness (QED) is 0.290. The second kappa shape index (κ2) is 11.4. The summed E-state index contributed by atoms with van der Waals surface area (Å²) >= 11 is 12.5. The molecule has 2 fully saturated rings. The van der Waals surface area contributed by atoms with E-state index < -0.39 is 24.3 Å². The lowest BCUT2D eigenvalue weighted by Crippen LogP contribution is -2.41. The van der Waals surface area contributed by atoms with E-state index in [1.54, 1.807) is 26.0 Å². The van der Waals surface area contributed by atoms with E-state index in [-0.39, 0.29) is 33.4 Å². The summed E-state index contributed by atoms with van der Waals surface area (Å²) in [6.45, 7) is 5.22. The first-order chi connectivity index (χ1) is 19.7. The highest BCUT2D eigenvalue weighted by Gasteiger charge is 2.46. The highest BCUT2D eigenvalue weighted by atomic mass is 35.5. The number of halogens is 5. The lowest BCUT2D eigenvalue weighted by Gasteiger charge is -2.39. The highest BCUT2D eigenvalue weighted by molar-refractivity contribution is 6.32. The van der Waals surface area contributed by atoms with Crippen molar-refractivity contribution in [2.45, 2.75) is 51.4 Å². The number of rotatable bonds is 6. The minimum absolute atomic E-state index is 0.145. The van der Waals surface area contributed by atoms with Crippen molar-refractivity contribution in [2.75, 3.05) is 30.3 Å². The maximum absolute atomic E-state index is 14.6. The molecule has 2 atom stereocenters. The highest BCUT2D eigenvalue weighted by Crippen LogP contribution is 2.44. The first-order valence-corrected chi connectivity index (χ1v) is 14.2. The van der Waals surface area contributed by atoms with Crippen LogP contribution in [0.25, 0.3) is 11.1 Å². The molecule has 1 aromatic heterocycles. The maximum Gasteiger partial charge on any atom is 0.429 e. The van der Waals surface area contributed by atoms with Crippen LogP contribution in [-0.2, 0) is 4.79 Å². The fourth-order valence-corrected chi connectivity index (χ4v) is 6.15. The number of alkyl halides is 3. The molecule has 2 aromatic carbocycles. The third-order valence-electron chi connectivity index (χ3n) is 8.09. The van der Waals surface area contributed by atoms with Crippen LogP contribution in [0, 0.1) is 19.3 Å². The number of carboxylic acid groups (broad SMARTS) is 1. The van der Waals surface area contributed by atoms with E-state index in [9.17, 15) is 23.1 Å². The Labute approximate surface area is 251 Å². The maximum atomic E-state index is 14.6. The molecule has 2 aliphatic heterocycles. The molecule has 0 radical (unpaired) electrons. The Morgan fingerprint density at radius 2 is 1.81 bits per heavy atom. The van der Waals surface area contributed by atoms with E-state index in [0.717, 1.165) is 0 Å². The molecule has 4 N–H and O–H groups in total. The molecule has 3 aromatic rings. The summed E-state index contributed by atoms with van der Waals surface area (Å²) in [6.07, 6.45) is -5.27. The van der Waals surface area contributed by atoms with Gasteiger partial charge in [-0.1, -0.05) is 29.3 Å². The summed E-state index contributed by atoms with van der Waals surface area (Å²) in [4.78, 5) is 21.5. The van der Waals surface area contributed by atoms with Gasteiger partial charge in [0.25, 0.3) is 0 Å². The number of aliphatic carboxylic acids is 1. The molecule has 0 amide bonds. The van der Waals surface area contributed by atoms with Gasteiger partial charge < -0.3 is 25.8 Å². The number of carbonyl (C=O) groups is 1. The van der Waals surface area contributed by atoms with Gasteiger partial charge in [-0.3, -0.25) is 4.79 Å². The largest absolute Gasteiger partial charge is 0.480 e. The number of aryl methyl sites for hydroxylation is 2. The fourth-order valence-electron chi connectivity index (χ4n) is 5.87. The van der Waals surface area contributed by atoms with Crippen LogP contribution < -0.4 is 20.7 Å². The van der Waals surface area contributed by atoms with Crippen LogP contribution >= 0.6 is 23.2 Å². The van der Waals surface area contributed by atoms with E-state index in [1.165, 1.54) is 24.3 Å². The molecule has 8 nitrogen and oxygen atoms in total. The van der Waals surface area contributed by atoms with Crippen molar-refractivity contribution in [1.29, 1.82) is 0 Å². The summed E-state index contributed by atoms with van der Waals surface area (Å²) in [7, 11) is 0. The molecule has 0 saturated carbocycles. The number of nitrogens with zero attached hydrogens (tertiary/aromatic N) is 3. The molecule has 2 aliphatic rings. The van der Waals surface area contributed by atoms with Crippen molar-refractivity contribution in [3.05, 3.63) is 63.1 Å². The monoisotopic (exact) mass is 623 g/mol. The molecule has 5 rings (SSSR count).